The van der Waals surface area contributed by atoms with Crippen molar-refractivity contribution in [2.45, 2.75) is 39.7 Å². The Bertz CT molecular complexity index is 1630. The number of carbonyl (C=O) groups excluding carboxylic acids is 1. The van der Waals surface area contributed by atoms with Gasteiger partial charge < -0.3 is 9.64 Å². The summed E-state index contributed by atoms with van der Waals surface area (Å²) in [5.74, 6) is -0.511. The molecule has 2 aromatic carbocycles. The number of hydrogen-bond acceptors (Lipinski definition) is 8. The van der Waals surface area contributed by atoms with Crippen molar-refractivity contribution in [2.24, 2.45) is 4.99 Å². The molecule has 2 aliphatic heterocycles. The molecule has 0 saturated carbocycles. The lowest BCUT2D eigenvalue weighted by atomic mass is 9.95. The van der Waals surface area contributed by atoms with Gasteiger partial charge in [-0.15, -0.1) is 0 Å². The number of aromatic nitrogens is 1. The zero-order chi connectivity index (χ0) is 27.0. The molecule has 196 valence electrons. The molecule has 0 amide bonds. The second-order valence-electron chi connectivity index (χ2n) is 9.41. The average molecular weight is 533 g/mol. The Morgan fingerprint density at radius 3 is 2.55 bits per heavy atom. The SMILES string of the molecule is CCOC(=O)C1=C(C)N=c2s/c(=C\c3cc([N+](=O)[O-])ccc3N3CCCC3)c(=O)n2[C@H]1c1ccc(C)cc1. The van der Waals surface area contributed by atoms with Gasteiger partial charge in [0.05, 0.1) is 33.4 Å². The quantitative estimate of drug-likeness (QED) is 0.273. The van der Waals surface area contributed by atoms with Crippen molar-refractivity contribution in [1.29, 1.82) is 0 Å². The van der Waals surface area contributed by atoms with E-state index in [0.717, 1.165) is 42.7 Å². The maximum Gasteiger partial charge on any atom is 0.338 e. The predicted molar refractivity (Wildman–Crippen MR) is 146 cm³/mol. The van der Waals surface area contributed by atoms with Gasteiger partial charge in [-0.05, 0) is 51.3 Å². The number of rotatable bonds is 6. The number of nitro benzene ring substituents is 1. The summed E-state index contributed by atoms with van der Waals surface area (Å²) >= 11 is 1.21. The monoisotopic (exact) mass is 532 g/mol. The van der Waals surface area contributed by atoms with Gasteiger partial charge in [0.15, 0.2) is 4.80 Å². The Kier molecular flexibility index (Phi) is 6.98. The fourth-order valence-electron chi connectivity index (χ4n) is 5.01. The topological polar surface area (TPSA) is 107 Å². The van der Waals surface area contributed by atoms with Crippen molar-refractivity contribution >= 4 is 34.8 Å². The number of aryl methyl sites for hydroxylation is 1. The van der Waals surface area contributed by atoms with Crippen molar-refractivity contribution in [3.05, 3.63) is 100 Å². The zero-order valence-corrected chi connectivity index (χ0v) is 22.3. The molecule has 0 aliphatic carbocycles. The Morgan fingerprint density at radius 2 is 1.89 bits per heavy atom. The Balaban J connectivity index is 1.72. The molecule has 1 atom stereocenters. The lowest BCUT2D eigenvalue weighted by Gasteiger charge is -2.24. The second kappa shape index (κ2) is 10.4. The Labute approximate surface area is 223 Å². The first kappa shape index (κ1) is 25.6. The van der Waals surface area contributed by atoms with Gasteiger partial charge >= 0.3 is 5.97 Å². The van der Waals surface area contributed by atoms with Crippen molar-refractivity contribution in [2.75, 3.05) is 24.6 Å². The third kappa shape index (κ3) is 4.67. The summed E-state index contributed by atoms with van der Waals surface area (Å²) in [6.45, 7) is 7.37. The molecule has 9 nitrogen and oxygen atoms in total. The largest absolute Gasteiger partial charge is 0.463 e. The summed E-state index contributed by atoms with van der Waals surface area (Å²) in [5, 5.41) is 11.5. The maximum atomic E-state index is 13.9. The molecule has 0 radical (unpaired) electrons. The molecule has 0 spiro atoms. The number of anilines is 1. The number of hydrogen-bond donors (Lipinski definition) is 0. The van der Waals surface area contributed by atoms with Gasteiger partial charge in [-0.1, -0.05) is 41.2 Å². The van der Waals surface area contributed by atoms with Crippen LogP contribution in [0.1, 0.15) is 49.4 Å². The van der Waals surface area contributed by atoms with Gasteiger partial charge in [0.2, 0.25) is 0 Å². The highest BCUT2D eigenvalue weighted by Gasteiger charge is 2.33. The van der Waals surface area contributed by atoms with E-state index < -0.39 is 16.9 Å². The smallest absolute Gasteiger partial charge is 0.338 e. The highest BCUT2D eigenvalue weighted by Crippen LogP contribution is 2.31. The molecule has 38 heavy (non-hydrogen) atoms. The number of esters is 1. The van der Waals surface area contributed by atoms with Crippen LogP contribution >= 0.6 is 11.3 Å². The maximum absolute atomic E-state index is 13.9. The van der Waals surface area contributed by atoms with Crippen molar-refractivity contribution < 1.29 is 14.5 Å². The molecule has 5 rings (SSSR count). The number of allylic oxidation sites excluding steroid dienone is 1. The molecular weight excluding hydrogens is 504 g/mol. The molecule has 2 aliphatic rings. The van der Waals surface area contributed by atoms with Gasteiger partial charge in [-0.3, -0.25) is 19.5 Å². The van der Waals surface area contributed by atoms with E-state index in [0.29, 0.717) is 26.2 Å². The fraction of sp³-hybridized carbons (Fsp3) is 0.321. The number of benzene rings is 2. The number of nitrogens with zero attached hydrogens (tertiary/aromatic N) is 4. The van der Waals surface area contributed by atoms with Crippen LogP contribution in [0, 0.1) is 17.0 Å². The van der Waals surface area contributed by atoms with Crippen LogP contribution in [0.5, 0.6) is 0 Å². The number of carbonyl (C=O) groups is 1. The van der Waals surface area contributed by atoms with Crippen LogP contribution in [0.15, 0.2) is 63.5 Å². The van der Waals surface area contributed by atoms with E-state index in [1.165, 1.54) is 28.0 Å². The number of non-ortho nitro benzene ring substituents is 1. The first-order valence-corrected chi connectivity index (χ1v) is 13.4. The first-order valence-electron chi connectivity index (χ1n) is 12.6. The van der Waals surface area contributed by atoms with Crippen LogP contribution < -0.4 is 19.8 Å². The predicted octanol–water partition coefficient (Wildman–Crippen LogP) is 3.62. The van der Waals surface area contributed by atoms with Crippen LogP contribution in [-0.2, 0) is 9.53 Å². The third-order valence-electron chi connectivity index (χ3n) is 6.87. The Hall–Kier alpha value is -4.05. The molecule has 0 N–H and O–H groups in total. The Morgan fingerprint density at radius 1 is 1.18 bits per heavy atom. The number of thiazole rings is 1. The standard InChI is InChI=1S/C28H28N4O5S/c1-4-37-27(34)24-18(3)29-28-31(25(24)19-9-7-17(2)8-10-19)26(33)23(38-28)16-20-15-21(32(35)36)11-12-22(20)30-13-5-6-14-30/h7-12,15-16,25H,4-6,13-14H2,1-3H3/b23-16-/t25-/m0/s1. The van der Waals surface area contributed by atoms with Gasteiger partial charge in [-0.25, -0.2) is 9.79 Å². The molecule has 1 aromatic heterocycles. The highest BCUT2D eigenvalue weighted by molar-refractivity contribution is 7.07. The van der Waals surface area contributed by atoms with Crippen molar-refractivity contribution in [3.8, 4) is 0 Å². The molecule has 10 heteroatoms. The molecule has 3 aromatic rings. The van der Waals surface area contributed by atoms with Crippen molar-refractivity contribution in [1.82, 2.24) is 4.57 Å². The van der Waals surface area contributed by atoms with Crippen LogP contribution in [0.25, 0.3) is 6.08 Å². The van der Waals surface area contributed by atoms with E-state index in [9.17, 15) is 19.7 Å². The van der Waals surface area contributed by atoms with E-state index in [1.54, 1.807) is 26.0 Å². The molecular formula is C28H28N4O5S. The van der Waals surface area contributed by atoms with Gasteiger partial charge in [0, 0.05) is 36.5 Å². The summed E-state index contributed by atoms with van der Waals surface area (Å²) in [6, 6.07) is 11.8. The van der Waals surface area contributed by atoms with Gasteiger partial charge in [-0.2, -0.15) is 0 Å². The highest BCUT2D eigenvalue weighted by atomic mass is 32.1. The summed E-state index contributed by atoms with van der Waals surface area (Å²) in [6.07, 6.45) is 3.80. The number of fused-ring (bicyclic) bond motifs is 1. The average Bonchev–Trinajstić information content (AvgIpc) is 3.52. The molecule has 3 heterocycles. The first-order chi connectivity index (χ1) is 18.3. The van der Waals surface area contributed by atoms with Crippen LogP contribution in [-0.4, -0.2) is 35.2 Å². The lowest BCUT2D eigenvalue weighted by Crippen LogP contribution is -2.40. The van der Waals surface area contributed by atoms with E-state index in [4.69, 9.17) is 4.74 Å². The molecule has 0 unspecified atom stereocenters. The minimum Gasteiger partial charge on any atom is -0.463 e. The normalized spacial score (nSPS) is 17.4. The molecule has 1 fully saturated rings. The summed E-state index contributed by atoms with van der Waals surface area (Å²) in [5.41, 5.74) is 3.76. The summed E-state index contributed by atoms with van der Waals surface area (Å²) in [7, 11) is 0. The van der Waals surface area contributed by atoms with E-state index in [-0.39, 0.29) is 17.9 Å². The third-order valence-corrected chi connectivity index (χ3v) is 7.85. The van der Waals surface area contributed by atoms with E-state index in [1.807, 2.05) is 31.2 Å². The van der Waals surface area contributed by atoms with Crippen LogP contribution in [0.3, 0.4) is 0 Å². The van der Waals surface area contributed by atoms with Crippen molar-refractivity contribution in [3.63, 3.8) is 0 Å². The minimum atomic E-state index is -0.698. The van der Waals surface area contributed by atoms with Crippen LogP contribution in [0.2, 0.25) is 0 Å². The summed E-state index contributed by atoms with van der Waals surface area (Å²) < 4.78 is 7.27. The molecule has 1 saturated heterocycles. The number of nitro groups is 1. The zero-order valence-electron chi connectivity index (χ0n) is 21.5. The minimum absolute atomic E-state index is 0.0371. The second-order valence-corrected chi connectivity index (χ2v) is 10.4. The lowest BCUT2D eigenvalue weighted by molar-refractivity contribution is -0.384. The summed E-state index contributed by atoms with van der Waals surface area (Å²) in [4.78, 5) is 45.3. The van der Waals surface area contributed by atoms with E-state index in [2.05, 4.69) is 9.89 Å². The fourth-order valence-corrected chi connectivity index (χ4v) is 6.05. The van der Waals surface area contributed by atoms with Crippen LogP contribution in [0.4, 0.5) is 11.4 Å². The number of ether oxygens (including phenoxy) is 1. The van der Waals surface area contributed by atoms with Gasteiger partial charge in [0.1, 0.15) is 0 Å². The van der Waals surface area contributed by atoms with E-state index >= 15 is 0 Å². The molecule has 0 bridgehead atoms. The van der Waals surface area contributed by atoms with Gasteiger partial charge in [0.25, 0.3) is 11.2 Å².